The van der Waals surface area contributed by atoms with Gasteiger partial charge in [-0.25, -0.2) is 18.1 Å². The van der Waals surface area contributed by atoms with Gasteiger partial charge in [-0.2, -0.15) is 4.98 Å². The first-order valence-corrected chi connectivity index (χ1v) is 19.8. The fourth-order valence-corrected chi connectivity index (χ4v) is 9.33. The van der Waals surface area contributed by atoms with Gasteiger partial charge < -0.3 is 9.80 Å². The first-order chi connectivity index (χ1) is 27.4. The molecule has 6 heterocycles. The number of anilines is 3. The lowest BCUT2D eigenvalue weighted by atomic mass is 9.83. The molecule has 2 aromatic heterocycles. The van der Waals surface area contributed by atoms with Crippen molar-refractivity contribution < 1.29 is 22.8 Å². The summed E-state index contributed by atoms with van der Waals surface area (Å²) in [6, 6.07) is 15.9. The summed E-state index contributed by atoms with van der Waals surface area (Å²) in [6.45, 7) is 7.95. The lowest BCUT2D eigenvalue weighted by molar-refractivity contribution is -0.129. The molecule has 14 heteroatoms. The van der Waals surface area contributed by atoms with Crippen LogP contribution in [0.4, 0.5) is 30.2 Å². The van der Waals surface area contributed by atoms with Gasteiger partial charge in [-0.15, -0.1) is 0 Å². The Bertz CT molecular complexity index is 2490. The zero-order valence-corrected chi connectivity index (χ0v) is 32.5. The minimum atomic E-state index is -0.960. The van der Waals surface area contributed by atoms with Crippen LogP contribution in [-0.2, 0) is 21.5 Å². The van der Waals surface area contributed by atoms with E-state index in [1.807, 2.05) is 21.9 Å². The number of carbonyl (C=O) groups excluding carboxylic acids is 2. The van der Waals surface area contributed by atoms with E-state index in [1.54, 1.807) is 12.3 Å². The van der Waals surface area contributed by atoms with Crippen molar-refractivity contribution in [1.29, 1.82) is 0 Å². The van der Waals surface area contributed by atoms with Crippen molar-refractivity contribution in [3.05, 3.63) is 116 Å². The largest absolute Gasteiger partial charge is 0.368 e. The number of pyridine rings is 1. The van der Waals surface area contributed by atoms with Gasteiger partial charge >= 0.3 is 0 Å². The molecule has 0 N–H and O–H groups in total. The average Bonchev–Trinajstić information content (AvgIpc) is 3.41. The number of benzene rings is 3. The van der Waals surface area contributed by atoms with Crippen LogP contribution in [0, 0.1) is 17.5 Å². The second-order valence-electron chi connectivity index (χ2n) is 16.0. The number of hydrogen-bond acceptors (Lipinski definition) is 8. The maximum Gasteiger partial charge on any atom is 0.282 e. The van der Waals surface area contributed by atoms with E-state index in [4.69, 9.17) is 11.6 Å². The van der Waals surface area contributed by atoms with Gasteiger partial charge in [0.2, 0.25) is 11.8 Å². The number of imide groups is 1. The number of hydrogen-bond donors (Lipinski definition) is 0. The van der Waals surface area contributed by atoms with Crippen LogP contribution >= 0.6 is 11.6 Å². The Kier molecular flexibility index (Phi) is 9.35. The molecule has 5 aromatic rings. The third-order valence-electron chi connectivity index (χ3n) is 12.2. The molecule has 4 aliphatic heterocycles. The molecular weight excluding hydrogens is 755 g/mol. The number of likely N-dealkylation sites (tertiary alicyclic amines) is 1. The van der Waals surface area contributed by atoms with Crippen molar-refractivity contribution in [3.8, 4) is 5.69 Å². The smallest absolute Gasteiger partial charge is 0.282 e. The van der Waals surface area contributed by atoms with Gasteiger partial charge in [-0.1, -0.05) is 29.8 Å². The van der Waals surface area contributed by atoms with Gasteiger partial charge in [0, 0.05) is 57.3 Å². The molecular formula is C43H41ClF3N7O3. The van der Waals surface area contributed by atoms with Crippen molar-refractivity contribution in [3.63, 3.8) is 0 Å². The van der Waals surface area contributed by atoms with E-state index >= 15 is 13.2 Å². The van der Waals surface area contributed by atoms with Crippen LogP contribution < -0.4 is 20.3 Å². The van der Waals surface area contributed by atoms with Crippen LogP contribution in [0.1, 0.15) is 74.5 Å². The molecule has 4 aliphatic rings. The molecule has 9 rings (SSSR count). The van der Waals surface area contributed by atoms with E-state index in [2.05, 4.69) is 51.5 Å². The minimum absolute atomic E-state index is 0.0649. The fraction of sp³-hybridized carbons (Fsp3) is 0.372. The summed E-state index contributed by atoms with van der Waals surface area (Å²) in [4.78, 5) is 53.4. The monoisotopic (exact) mass is 795 g/mol. The highest BCUT2D eigenvalue weighted by molar-refractivity contribution is 6.35. The minimum Gasteiger partial charge on any atom is -0.368 e. The molecule has 0 atom stereocenters. The molecule has 3 aromatic carbocycles. The number of piperidine rings is 2. The SMILES string of the molecule is CC1(C)c2ccc(C3CCN(Cc4ncc(N5CCN(c6cc(F)c(N7C(=O)CCCC7=O)c(F)c6)CC5)cc4F)CC3)cc2-n2c1nc(=O)c1c(Cl)cccc12. The predicted octanol–water partition coefficient (Wildman–Crippen LogP) is 7.24. The van der Waals surface area contributed by atoms with Crippen LogP contribution in [0.3, 0.4) is 0 Å². The third-order valence-corrected chi connectivity index (χ3v) is 12.5. The molecule has 0 unspecified atom stereocenters. The number of rotatable bonds is 6. The molecule has 57 heavy (non-hydrogen) atoms. The Morgan fingerprint density at radius 2 is 1.46 bits per heavy atom. The average molecular weight is 796 g/mol. The number of halogens is 4. The molecule has 2 amide bonds. The molecule has 3 saturated heterocycles. The van der Waals surface area contributed by atoms with Gasteiger partial charge in [-0.05, 0) is 93.6 Å². The van der Waals surface area contributed by atoms with Crippen LogP contribution in [-0.4, -0.2) is 70.5 Å². The Morgan fingerprint density at radius 1 is 0.807 bits per heavy atom. The lowest BCUT2D eigenvalue weighted by Gasteiger charge is -2.37. The van der Waals surface area contributed by atoms with Crippen LogP contribution in [0.5, 0.6) is 0 Å². The van der Waals surface area contributed by atoms with Gasteiger partial charge in [0.1, 0.15) is 17.3 Å². The molecule has 10 nitrogen and oxygen atoms in total. The van der Waals surface area contributed by atoms with Crippen molar-refractivity contribution in [2.24, 2.45) is 0 Å². The van der Waals surface area contributed by atoms with Crippen molar-refractivity contribution in [2.45, 2.75) is 63.8 Å². The van der Waals surface area contributed by atoms with Gasteiger partial charge in [0.05, 0.1) is 44.6 Å². The summed E-state index contributed by atoms with van der Waals surface area (Å²) in [6.07, 6.45) is 3.99. The van der Waals surface area contributed by atoms with Gasteiger partial charge in [0.15, 0.2) is 11.6 Å². The van der Waals surface area contributed by atoms with Crippen LogP contribution in [0.2, 0.25) is 5.02 Å². The highest BCUT2D eigenvalue weighted by Gasteiger charge is 2.39. The number of aromatic nitrogens is 3. The van der Waals surface area contributed by atoms with Crippen molar-refractivity contribution in [1.82, 2.24) is 19.4 Å². The summed E-state index contributed by atoms with van der Waals surface area (Å²) in [7, 11) is 0. The summed E-state index contributed by atoms with van der Waals surface area (Å²) >= 11 is 6.48. The van der Waals surface area contributed by atoms with E-state index in [-0.39, 0.29) is 24.2 Å². The molecule has 0 radical (unpaired) electrons. The molecule has 3 fully saturated rings. The standard InChI is InChI=1S/C43H41ClF3N7O3/c1-43(2)29-10-9-26(19-36(29)53-35-6-3-5-30(44)39(35)41(57)49-42(43)53)25-11-13-50(14-12-25)24-34-31(45)22-28(23-48-34)52-17-15-51(16-18-52)27-20-32(46)40(33(47)21-27)54-37(55)7-4-8-38(54)56/h3,5-6,9-10,19-23,25H,4,7-8,11-18,24H2,1-2H3. The first kappa shape index (κ1) is 37.3. The number of carbonyl (C=O) groups is 2. The number of amides is 2. The predicted molar refractivity (Wildman–Crippen MR) is 213 cm³/mol. The topological polar surface area (TPSA) is 94.9 Å². The van der Waals surface area contributed by atoms with Crippen molar-refractivity contribution in [2.75, 3.05) is 54.0 Å². The lowest BCUT2D eigenvalue weighted by Crippen LogP contribution is -2.47. The quantitative estimate of drug-likeness (QED) is 0.166. The van der Waals surface area contributed by atoms with E-state index in [0.717, 1.165) is 54.8 Å². The normalized spacial score (nSPS) is 18.7. The molecule has 0 bridgehead atoms. The first-order valence-electron chi connectivity index (χ1n) is 19.5. The van der Waals surface area contributed by atoms with E-state index < -0.39 is 34.6 Å². The van der Waals surface area contributed by atoms with Crippen LogP contribution in [0.25, 0.3) is 16.6 Å². The Hall–Kier alpha value is -5.27. The fourth-order valence-electron chi connectivity index (χ4n) is 9.08. The molecule has 0 saturated carbocycles. The highest BCUT2D eigenvalue weighted by Crippen LogP contribution is 2.45. The summed E-state index contributed by atoms with van der Waals surface area (Å²) < 4.78 is 48.0. The molecule has 294 valence electrons. The highest BCUT2D eigenvalue weighted by atomic mass is 35.5. The Balaban J connectivity index is 0.831. The van der Waals surface area contributed by atoms with Gasteiger partial charge in [-0.3, -0.25) is 28.8 Å². The van der Waals surface area contributed by atoms with E-state index in [9.17, 15) is 14.4 Å². The molecule has 0 spiro atoms. The van der Waals surface area contributed by atoms with Crippen molar-refractivity contribution >= 4 is 51.4 Å². The maximum atomic E-state index is 15.6. The number of piperazine rings is 1. The summed E-state index contributed by atoms with van der Waals surface area (Å²) in [5.41, 5.74) is 4.04. The summed E-state index contributed by atoms with van der Waals surface area (Å²) in [5, 5.41) is 0.809. The van der Waals surface area contributed by atoms with E-state index in [0.29, 0.717) is 83.3 Å². The Morgan fingerprint density at radius 3 is 2.12 bits per heavy atom. The maximum absolute atomic E-state index is 15.6. The number of fused-ring (bicyclic) bond motifs is 5. The zero-order chi connectivity index (χ0) is 39.7. The number of nitrogens with zero attached hydrogens (tertiary/aromatic N) is 7. The second-order valence-corrected chi connectivity index (χ2v) is 16.4. The van der Waals surface area contributed by atoms with E-state index in [1.165, 1.54) is 11.6 Å². The zero-order valence-electron chi connectivity index (χ0n) is 31.7. The summed E-state index contributed by atoms with van der Waals surface area (Å²) in [5.74, 6) is -2.49. The third kappa shape index (κ3) is 6.44. The molecule has 0 aliphatic carbocycles. The van der Waals surface area contributed by atoms with Crippen LogP contribution in [0.15, 0.2) is 65.6 Å². The van der Waals surface area contributed by atoms with Gasteiger partial charge in [0.25, 0.3) is 5.56 Å². The second kappa shape index (κ2) is 14.3. The Labute approximate surface area is 332 Å².